The largest absolute Gasteiger partial charge is 0.507 e. The monoisotopic (exact) mass is 374 g/mol. The summed E-state index contributed by atoms with van der Waals surface area (Å²) in [5.74, 6) is 0.544. The van der Waals surface area contributed by atoms with E-state index < -0.39 is 5.43 Å². The van der Waals surface area contributed by atoms with Crippen molar-refractivity contribution in [3.8, 4) is 28.6 Å². The van der Waals surface area contributed by atoms with Crippen molar-refractivity contribution in [2.75, 3.05) is 7.11 Å². The summed E-state index contributed by atoms with van der Waals surface area (Å²) >= 11 is 0. The molecule has 5 nitrogen and oxygen atoms in total. The van der Waals surface area contributed by atoms with Gasteiger partial charge < -0.3 is 19.0 Å². The maximum Gasteiger partial charge on any atom is 0.239 e. The Morgan fingerprint density at radius 1 is 0.964 bits per heavy atom. The lowest BCUT2D eigenvalue weighted by Gasteiger charge is -2.13. The van der Waals surface area contributed by atoms with Gasteiger partial charge in [0.2, 0.25) is 11.2 Å². The molecule has 0 bridgehead atoms. The fourth-order valence-corrected chi connectivity index (χ4v) is 3.02. The topological polar surface area (TPSA) is 68.9 Å². The van der Waals surface area contributed by atoms with Gasteiger partial charge >= 0.3 is 0 Å². The zero-order valence-corrected chi connectivity index (χ0v) is 15.2. The normalized spacial score (nSPS) is 10.8. The van der Waals surface area contributed by atoms with Crippen molar-refractivity contribution in [1.29, 1.82) is 0 Å². The van der Waals surface area contributed by atoms with Crippen LogP contribution in [0.1, 0.15) is 5.56 Å². The molecule has 0 radical (unpaired) electrons. The van der Waals surface area contributed by atoms with Crippen LogP contribution in [-0.4, -0.2) is 12.2 Å². The van der Waals surface area contributed by atoms with Crippen LogP contribution in [0.15, 0.2) is 82.0 Å². The Labute approximate surface area is 161 Å². The van der Waals surface area contributed by atoms with Crippen molar-refractivity contribution in [2.24, 2.45) is 0 Å². The molecule has 0 aliphatic rings. The molecule has 0 saturated heterocycles. The number of rotatable bonds is 5. The fraction of sp³-hybridized carbons (Fsp3) is 0.0870. The lowest BCUT2D eigenvalue weighted by atomic mass is 10.1. The first-order valence-corrected chi connectivity index (χ1v) is 8.77. The third-order valence-corrected chi connectivity index (χ3v) is 4.40. The van der Waals surface area contributed by atoms with Gasteiger partial charge in [-0.1, -0.05) is 60.7 Å². The second kappa shape index (κ2) is 7.48. The van der Waals surface area contributed by atoms with Crippen LogP contribution in [-0.2, 0) is 6.61 Å². The summed E-state index contributed by atoms with van der Waals surface area (Å²) in [5, 5.41) is 10.4. The lowest BCUT2D eigenvalue weighted by Crippen LogP contribution is -2.10. The third-order valence-electron chi connectivity index (χ3n) is 4.40. The zero-order chi connectivity index (χ0) is 19.5. The molecule has 0 fully saturated rings. The minimum absolute atomic E-state index is 0.0584. The van der Waals surface area contributed by atoms with Crippen molar-refractivity contribution in [1.82, 2.24) is 0 Å². The summed E-state index contributed by atoms with van der Waals surface area (Å²) < 4.78 is 17.1. The summed E-state index contributed by atoms with van der Waals surface area (Å²) in [4.78, 5) is 13.2. The van der Waals surface area contributed by atoms with E-state index in [-0.39, 0.29) is 29.1 Å². The highest BCUT2D eigenvalue weighted by atomic mass is 16.5. The minimum atomic E-state index is -0.434. The highest BCUT2D eigenvalue weighted by Gasteiger charge is 2.20. The predicted octanol–water partition coefficient (Wildman–Crippen LogP) is 4.75. The van der Waals surface area contributed by atoms with E-state index in [0.717, 1.165) is 5.56 Å². The average molecular weight is 374 g/mol. The molecular formula is C23H18O5. The molecule has 0 amide bonds. The SMILES string of the molecule is COc1cc(O)c2c(=O)c(OCc3ccccc3)c(-c3ccccc3)oc2c1. The van der Waals surface area contributed by atoms with Crippen LogP contribution in [0.2, 0.25) is 0 Å². The van der Waals surface area contributed by atoms with Gasteiger partial charge in [0.05, 0.1) is 7.11 Å². The van der Waals surface area contributed by atoms with Crippen LogP contribution >= 0.6 is 0 Å². The lowest BCUT2D eigenvalue weighted by molar-refractivity contribution is 0.297. The van der Waals surface area contributed by atoms with Crippen LogP contribution in [0.4, 0.5) is 0 Å². The van der Waals surface area contributed by atoms with E-state index in [2.05, 4.69) is 0 Å². The molecular weight excluding hydrogens is 356 g/mol. The van der Waals surface area contributed by atoms with Gasteiger partial charge in [-0.15, -0.1) is 0 Å². The molecule has 140 valence electrons. The predicted molar refractivity (Wildman–Crippen MR) is 107 cm³/mol. The Hall–Kier alpha value is -3.73. The smallest absolute Gasteiger partial charge is 0.239 e. The second-order valence-electron chi connectivity index (χ2n) is 6.25. The maximum absolute atomic E-state index is 13.2. The van der Waals surface area contributed by atoms with Crippen LogP contribution in [0, 0.1) is 0 Å². The first-order chi connectivity index (χ1) is 13.7. The summed E-state index contributed by atoms with van der Waals surface area (Å²) in [6.07, 6.45) is 0. The van der Waals surface area contributed by atoms with Crippen molar-refractivity contribution in [3.63, 3.8) is 0 Å². The van der Waals surface area contributed by atoms with Gasteiger partial charge in [0, 0.05) is 17.7 Å². The van der Waals surface area contributed by atoms with E-state index in [4.69, 9.17) is 13.9 Å². The molecule has 0 unspecified atom stereocenters. The van der Waals surface area contributed by atoms with E-state index in [1.54, 1.807) is 6.07 Å². The Morgan fingerprint density at radius 3 is 2.32 bits per heavy atom. The number of hydrogen-bond donors (Lipinski definition) is 1. The summed E-state index contributed by atoms with van der Waals surface area (Å²) in [6, 6.07) is 21.7. The Balaban J connectivity index is 1.91. The van der Waals surface area contributed by atoms with Crippen molar-refractivity contribution in [2.45, 2.75) is 6.61 Å². The van der Waals surface area contributed by atoms with Gasteiger partial charge in [-0.05, 0) is 5.56 Å². The van der Waals surface area contributed by atoms with Gasteiger partial charge in [0.25, 0.3) is 0 Å². The zero-order valence-electron chi connectivity index (χ0n) is 15.2. The highest BCUT2D eigenvalue weighted by Crippen LogP contribution is 2.36. The molecule has 4 rings (SSSR count). The standard InChI is InChI=1S/C23H18O5/c1-26-17-12-18(24)20-19(13-17)28-22(16-10-6-3-7-11-16)23(21(20)25)27-14-15-8-4-2-5-9-15/h2-13,24H,14H2,1H3. The van der Waals surface area contributed by atoms with E-state index in [1.165, 1.54) is 13.2 Å². The van der Waals surface area contributed by atoms with Crippen molar-refractivity contribution in [3.05, 3.63) is 88.6 Å². The van der Waals surface area contributed by atoms with Gasteiger partial charge in [0.1, 0.15) is 29.1 Å². The molecule has 5 heteroatoms. The maximum atomic E-state index is 13.2. The van der Waals surface area contributed by atoms with Gasteiger partial charge in [-0.2, -0.15) is 0 Å². The van der Waals surface area contributed by atoms with Crippen LogP contribution in [0.3, 0.4) is 0 Å². The minimum Gasteiger partial charge on any atom is -0.507 e. The summed E-state index contributed by atoms with van der Waals surface area (Å²) in [5.41, 5.74) is 1.41. The molecule has 3 aromatic carbocycles. The Morgan fingerprint density at radius 2 is 1.64 bits per heavy atom. The first-order valence-electron chi connectivity index (χ1n) is 8.77. The van der Waals surface area contributed by atoms with Crippen LogP contribution in [0.25, 0.3) is 22.3 Å². The number of aromatic hydroxyl groups is 1. The number of fused-ring (bicyclic) bond motifs is 1. The van der Waals surface area contributed by atoms with E-state index in [9.17, 15) is 9.90 Å². The fourth-order valence-electron chi connectivity index (χ4n) is 3.02. The molecule has 0 spiro atoms. The number of ether oxygens (including phenoxy) is 2. The molecule has 0 saturated carbocycles. The molecule has 0 aliphatic carbocycles. The summed E-state index contributed by atoms with van der Waals surface area (Å²) in [6.45, 7) is 0.202. The molecule has 1 heterocycles. The van der Waals surface area contributed by atoms with Gasteiger partial charge in [0.15, 0.2) is 5.76 Å². The van der Waals surface area contributed by atoms with Crippen molar-refractivity contribution < 1.29 is 19.0 Å². The van der Waals surface area contributed by atoms with Gasteiger partial charge in [-0.3, -0.25) is 4.79 Å². The number of methoxy groups -OCH3 is 1. The quantitative estimate of drug-likeness (QED) is 0.546. The molecule has 1 N–H and O–H groups in total. The van der Waals surface area contributed by atoms with E-state index in [1.807, 2.05) is 60.7 Å². The Bertz CT molecular complexity index is 1160. The van der Waals surface area contributed by atoms with E-state index in [0.29, 0.717) is 17.1 Å². The number of phenols is 1. The second-order valence-corrected chi connectivity index (χ2v) is 6.25. The van der Waals surface area contributed by atoms with Crippen molar-refractivity contribution >= 4 is 11.0 Å². The molecule has 4 aromatic rings. The third kappa shape index (κ3) is 3.30. The Kier molecular flexibility index (Phi) is 4.72. The highest BCUT2D eigenvalue weighted by molar-refractivity contribution is 5.88. The molecule has 28 heavy (non-hydrogen) atoms. The number of phenolic OH excluding ortho intramolecular Hbond substituents is 1. The average Bonchev–Trinajstić information content (AvgIpc) is 2.73. The number of benzene rings is 3. The van der Waals surface area contributed by atoms with Crippen LogP contribution < -0.4 is 14.9 Å². The molecule has 0 atom stereocenters. The molecule has 0 aliphatic heterocycles. The summed E-state index contributed by atoms with van der Waals surface area (Å²) in [7, 11) is 1.48. The molecule has 1 aromatic heterocycles. The number of hydrogen-bond acceptors (Lipinski definition) is 5. The first kappa shape index (κ1) is 17.7. The van der Waals surface area contributed by atoms with E-state index >= 15 is 0 Å². The van der Waals surface area contributed by atoms with Gasteiger partial charge in [-0.25, -0.2) is 0 Å². The van der Waals surface area contributed by atoms with Crippen LogP contribution in [0.5, 0.6) is 17.2 Å².